The van der Waals surface area contributed by atoms with E-state index in [1.807, 2.05) is 30.3 Å². The van der Waals surface area contributed by atoms with E-state index in [-0.39, 0.29) is 60.8 Å². The van der Waals surface area contributed by atoms with Gasteiger partial charge in [-0.3, -0.25) is 5.32 Å². The van der Waals surface area contributed by atoms with Crippen LogP contribution in [0.5, 0.6) is 23.0 Å². The van der Waals surface area contributed by atoms with E-state index in [1.54, 1.807) is 12.1 Å². The maximum absolute atomic E-state index is 12.9. The van der Waals surface area contributed by atoms with E-state index >= 15 is 0 Å². The summed E-state index contributed by atoms with van der Waals surface area (Å²) >= 11 is 0. The molecular formula is C38H56N2O12Si2. The van der Waals surface area contributed by atoms with Gasteiger partial charge in [-0.1, -0.05) is 69.6 Å². The number of nitrogens with two attached hydrogens (primary N) is 1. The average Bonchev–Trinajstić information content (AvgIpc) is 3.11. The number of nitrogens with one attached hydrogen (secondary N) is 1. The van der Waals surface area contributed by atoms with Crippen molar-refractivity contribution in [3.63, 3.8) is 0 Å². The number of carbonyl (C=O) groups excluding carboxylic acids is 3. The van der Waals surface area contributed by atoms with Crippen molar-refractivity contribution in [1.29, 1.82) is 0 Å². The molecule has 0 aromatic heterocycles. The van der Waals surface area contributed by atoms with Gasteiger partial charge in [0.15, 0.2) is 13.6 Å². The monoisotopic (exact) mass is 788 g/mol. The normalized spacial score (nSPS) is 11.0. The van der Waals surface area contributed by atoms with Crippen molar-refractivity contribution in [3.05, 3.63) is 71.3 Å². The first kappa shape index (κ1) is 45.4. The number of benzene rings is 3. The van der Waals surface area contributed by atoms with Gasteiger partial charge in [0.1, 0.15) is 40.7 Å². The van der Waals surface area contributed by atoms with Crippen LogP contribution in [0.4, 0.5) is 16.2 Å². The van der Waals surface area contributed by atoms with Gasteiger partial charge in [0.05, 0.1) is 38.8 Å². The van der Waals surface area contributed by atoms with E-state index in [4.69, 9.17) is 48.4 Å². The lowest BCUT2D eigenvalue weighted by Gasteiger charge is -2.18. The highest BCUT2D eigenvalue weighted by atomic mass is 28.3. The molecule has 14 nitrogen and oxygen atoms in total. The summed E-state index contributed by atoms with van der Waals surface area (Å²) in [7, 11) is 3.28. The molecule has 3 rings (SSSR count). The molecule has 16 heteroatoms. The Bertz CT molecular complexity index is 1640. The minimum atomic E-state index is -1.40. The van der Waals surface area contributed by atoms with Crippen LogP contribution < -0.4 is 30.0 Å². The molecule has 0 fully saturated rings. The van der Waals surface area contributed by atoms with Crippen LogP contribution in [0.2, 0.25) is 51.4 Å². The molecule has 0 aliphatic rings. The zero-order valence-electron chi connectivity index (χ0n) is 33.1. The molecular weight excluding hydrogens is 733 g/mol. The quantitative estimate of drug-likeness (QED) is 0.0399. The second kappa shape index (κ2) is 22.4. The fourth-order valence-electron chi connectivity index (χ4n) is 4.35. The topological polar surface area (TPSA) is 172 Å². The number of anilines is 2. The molecule has 0 spiro atoms. The van der Waals surface area contributed by atoms with Crippen LogP contribution in [0.15, 0.2) is 54.6 Å². The highest BCUT2D eigenvalue weighted by molar-refractivity contribution is 6.76. The van der Waals surface area contributed by atoms with Crippen LogP contribution in [-0.2, 0) is 30.3 Å². The molecule has 3 N–H and O–H groups in total. The number of ether oxygens (including phenoxy) is 9. The molecule has 0 bridgehead atoms. The van der Waals surface area contributed by atoms with Gasteiger partial charge < -0.3 is 48.4 Å². The van der Waals surface area contributed by atoms with E-state index in [2.05, 4.69) is 44.6 Å². The van der Waals surface area contributed by atoms with Crippen LogP contribution in [0, 0.1) is 0 Å². The van der Waals surface area contributed by atoms with Crippen molar-refractivity contribution in [3.8, 4) is 23.0 Å². The molecule has 0 saturated carbocycles. The SMILES string of the molecule is COCOc1cc(OC)cc(N)c1C(=O)OCC[Si](C)(C)C.COCOc1cc(OC)cc(NC(=O)OCc2ccccc2)c1C(=O)OCC[Si](C)(C)C. The molecule has 0 heterocycles. The molecule has 54 heavy (non-hydrogen) atoms. The minimum Gasteiger partial charge on any atom is -0.497 e. The smallest absolute Gasteiger partial charge is 0.411 e. The second-order valence-corrected chi connectivity index (χ2v) is 25.6. The number of rotatable bonds is 19. The molecule has 0 aliphatic heterocycles. The standard InChI is InChI=1S/C23H31NO7Si.C15H25NO5Si/c1-27-16-31-20-14-18(28-2)13-19(21(20)22(25)29-11-12-32(3,4)5)24-23(26)30-15-17-9-7-6-8-10-17;1-18-10-21-13-9-11(19-2)8-12(16)14(13)15(17)20-6-7-22(3,4)5/h6-10,13-14H,11-12,15-16H2,1-5H3,(H,24,26);8-9H,6-7,10,16H2,1-5H3. The van der Waals surface area contributed by atoms with Crippen molar-refractivity contribution in [1.82, 2.24) is 0 Å². The van der Waals surface area contributed by atoms with E-state index in [0.717, 1.165) is 17.7 Å². The van der Waals surface area contributed by atoms with Gasteiger partial charge in [-0.25, -0.2) is 14.4 Å². The maximum Gasteiger partial charge on any atom is 0.411 e. The number of methoxy groups -OCH3 is 4. The molecule has 298 valence electrons. The Kier molecular flexibility index (Phi) is 18.9. The van der Waals surface area contributed by atoms with E-state index in [0.29, 0.717) is 18.1 Å². The van der Waals surface area contributed by atoms with E-state index in [1.165, 1.54) is 40.6 Å². The summed E-state index contributed by atoms with van der Waals surface area (Å²) in [5, 5.41) is 2.61. The third-order valence-corrected chi connectivity index (χ3v) is 10.8. The Morgan fingerprint density at radius 3 is 1.61 bits per heavy atom. The first-order chi connectivity index (χ1) is 25.5. The van der Waals surface area contributed by atoms with E-state index in [9.17, 15) is 14.4 Å². The van der Waals surface area contributed by atoms with Crippen LogP contribution in [-0.4, -0.2) is 89.4 Å². The number of nitrogen functional groups attached to an aromatic ring is 1. The Hall–Kier alpha value is -4.78. The summed E-state index contributed by atoms with van der Waals surface area (Å²) in [4.78, 5) is 37.7. The van der Waals surface area contributed by atoms with Crippen LogP contribution in [0.1, 0.15) is 26.3 Å². The summed E-state index contributed by atoms with van der Waals surface area (Å²) in [6.45, 7) is 13.9. The predicted molar refractivity (Wildman–Crippen MR) is 213 cm³/mol. The average molecular weight is 789 g/mol. The van der Waals surface area contributed by atoms with Gasteiger partial charge in [0, 0.05) is 54.6 Å². The first-order valence-electron chi connectivity index (χ1n) is 17.3. The Morgan fingerprint density at radius 2 is 1.13 bits per heavy atom. The number of carbonyl (C=O) groups is 3. The first-order valence-corrected chi connectivity index (χ1v) is 24.7. The lowest BCUT2D eigenvalue weighted by Crippen LogP contribution is -2.23. The Morgan fingerprint density at radius 1 is 0.648 bits per heavy atom. The van der Waals surface area contributed by atoms with Gasteiger partial charge in [0.2, 0.25) is 0 Å². The molecule has 0 unspecified atom stereocenters. The van der Waals surface area contributed by atoms with Gasteiger partial charge in [0.25, 0.3) is 0 Å². The maximum atomic E-state index is 12.9. The highest BCUT2D eigenvalue weighted by Gasteiger charge is 2.25. The molecule has 3 aromatic rings. The zero-order valence-corrected chi connectivity index (χ0v) is 35.1. The van der Waals surface area contributed by atoms with Crippen LogP contribution in [0.3, 0.4) is 0 Å². The number of amides is 1. The van der Waals surface area contributed by atoms with Gasteiger partial charge >= 0.3 is 18.0 Å². The highest BCUT2D eigenvalue weighted by Crippen LogP contribution is 2.34. The summed E-state index contributed by atoms with van der Waals surface area (Å²) in [5.74, 6) is 0.231. The molecule has 0 atom stereocenters. The molecule has 1 amide bonds. The number of hydrogen-bond acceptors (Lipinski definition) is 13. The molecule has 0 radical (unpaired) electrons. The van der Waals surface area contributed by atoms with Gasteiger partial charge in [-0.15, -0.1) is 0 Å². The third kappa shape index (κ3) is 16.5. The Balaban J connectivity index is 0.000000401. The minimum absolute atomic E-state index is 0.00178. The number of hydrogen-bond donors (Lipinski definition) is 2. The van der Waals surface area contributed by atoms with E-state index < -0.39 is 34.2 Å². The van der Waals surface area contributed by atoms with Gasteiger partial charge in [-0.05, 0) is 17.7 Å². The molecule has 0 saturated heterocycles. The zero-order chi connectivity index (χ0) is 40.3. The van der Waals surface area contributed by atoms with Crippen molar-refractivity contribution in [2.45, 2.75) is 58.0 Å². The van der Waals surface area contributed by atoms with Crippen molar-refractivity contribution >= 4 is 45.6 Å². The van der Waals surface area contributed by atoms with Crippen LogP contribution in [0.25, 0.3) is 0 Å². The van der Waals surface area contributed by atoms with Crippen molar-refractivity contribution < 1.29 is 57.0 Å². The van der Waals surface area contributed by atoms with Crippen molar-refractivity contribution in [2.75, 3.05) is 66.3 Å². The fraction of sp³-hybridized carbons (Fsp3) is 0.447. The number of esters is 2. The lowest BCUT2D eigenvalue weighted by atomic mass is 10.1. The molecule has 0 aliphatic carbocycles. The summed E-state index contributed by atoms with van der Waals surface area (Å²) in [6.07, 6.45) is -0.726. The third-order valence-electron chi connectivity index (χ3n) is 7.35. The largest absolute Gasteiger partial charge is 0.497 e. The second-order valence-electron chi connectivity index (χ2n) is 14.3. The summed E-state index contributed by atoms with van der Waals surface area (Å²) < 4.78 is 47.3. The predicted octanol–water partition coefficient (Wildman–Crippen LogP) is 7.68. The molecule has 3 aromatic carbocycles. The fourth-order valence-corrected chi connectivity index (χ4v) is 5.78. The summed E-state index contributed by atoms with van der Waals surface area (Å²) in [6, 6.07) is 17.2. The summed E-state index contributed by atoms with van der Waals surface area (Å²) in [5.41, 5.74) is 7.45. The Labute approximate surface area is 320 Å². The lowest BCUT2D eigenvalue weighted by molar-refractivity contribution is 0.0428. The van der Waals surface area contributed by atoms with Crippen LogP contribution >= 0.6 is 0 Å². The van der Waals surface area contributed by atoms with Gasteiger partial charge in [-0.2, -0.15) is 0 Å². The van der Waals surface area contributed by atoms with Crippen molar-refractivity contribution in [2.24, 2.45) is 0 Å².